The molecule has 1 aliphatic heterocycles. The molecule has 4 heteroatoms. The fourth-order valence-corrected chi connectivity index (χ4v) is 2.44. The average molecular weight is 255 g/mol. The molecule has 1 fully saturated rings. The minimum atomic E-state index is 0.547. The average Bonchev–Trinajstić information content (AvgIpc) is 2.34. The summed E-state index contributed by atoms with van der Waals surface area (Å²) in [5.41, 5.74) is 1.14. The van der Waals surface area contributed by atoms with Crippen molar-refractivity contribution in [3.05, 3.63) is 28.8 Å². The van der Waals surface area contributed by atoms with E-state index in [4.69, 9.17) is 16.3 Å². The Labute approximate surface area is 108 Å². The monoisotopic (exact) mass is 254 g/mol. The maximum Gasteiger partial charge on any atom is 0.137 e. The third-order valence-electron chi connectivity index (χ3n) is 3.28. The Morgan fingerprint density at radius 2 is 2.35 bits per heavy atom. The lowest BCUT2D eigenvalue weighted by molar-refractivity contribution is 0.165. The number of hydrogen-bond donors (Lipinski definition) is 1. The highest BCUT2D eigenvalue weighted by Crippen LogP contribution is 2.29. The fraction of sp³-hybridized carbons (Fsp3) is 0.538. The number of methoxy groups -OCH3 is 1. The highest BCUT2D eigenvalue weighted by atomic mass is 35.5. The summed E-state index contributed by atoms with van der Waals surface area (Å²) in [7, 11) is 1.65. The molecular formula is C13H19ClN2O. The van der Waals surface area contributed by atoms with Crippen LogP contribution in [0.15, 0.2) is 18.2 Å². The van der Waals surface area contributed by atoms with Gasteiger partial charge in [0.2, 0.25) is 0 Å². The van der Waals surface area contributed by atoms with Crippen molar-refractivity contribution in [2.75, 3.05) is 26.7 Å². The van der Waals surface area contributed by atoms with Crippen LogP contribution in [0.2, 0.25) is 5.02 Å². The lowest BCUT2D eigenvalue weighted by Gasteiger charge is -2.34. The second-order valence-corrected chi connectivity index (χ2v) is 4.83. The van der Waals surface area contributed by atoms with E-state index in [0.29, 0.717) is 6.04 Å². The summed E-state index contributed by atoms with van der Waals surface area (Å²) in [6.07, 6.45) is 0. The van der Waals surface area contributed by atoms with Crippen molar-refractivity contribution in [1.29, 1.82) is 0 Å². The molecule has 1 aliphatic rings. The second kappa shape index (κ2) is 5.71. The van der Waals surface area contributed by atoms with Gasteiger partial charge in [-0.2, -0.15) is 0 Å². The molecular weight excluding hydrogens is 236 g/mol. The zero-order valence-electron chi connectivity index (χ0n) is 10.4. The van der Waals surface area contributed by atoms with Gasteiger partial charge in [0, 0.05) is 32.2 Å². The maximum absolute atomic E-state index is 6.31. The second-order valence-electron chi connectivity index (χ2n) is 4.46. The van der Waals surface area contributed by atoms with E-state index in [2.05, 4.69) is 23.2 Å². The fourth-order valence-electron chi connectivity index (χ4n) is 2.17. The summed E-state index contributed by atoms with van der Waals surface area (Å²) >= 11 is 6.31. The van der Waals surface area contributed by atoms with Crippen LogP contribution >= 0.6 is 11.6 Å². The van der Waals surface area contributed by atoms with Gasteiger partial charge >= 0.3 is 0 Å². The molecule has 1 atom stereocenters. The minimum absolute atomic E-state index is 0.547. The molecule has 0 unspecified atom stereocenters. The lowest BCUT2D eigenvalue weighted by Crippen LogP contribution is -2.49. The largest absolute Gasteiger partial charge is 0.495 e. The molecule has 3 nitrogen and oxygen atoms in total. The molecule has 0 aromatic heterocycles. The molecule has 94 valence electrons. The number of halogens is 1. The van der Waals surface area contributed by atoms with E-state index in [1.807, 2.05) is 12.1 Å². The van der Waals surface area contributed by atoms with Gasteiger partial charge in [0.15, 0.2) is 0 Å². The highest BCUT2D eigenvalue weighted by molar-refractivity contribution is 6.32. The molecule has 1 aromatic rings. The van der Waals surface area contributed by atoms with Crippen molar-refractivity contribution in [3.63, 3.8) is 0 Å². The standard InChI is InChI=1S/C13H19ClN2O/c1-10-8-15-6-7-16(10)9-11-4-3-5-12(17-2)13(11)14/h3-5,10,15H,6-9H2,1-2H3/t10-/m1/s1. The summed E-state index contributed by atoms with van der Waals surface area (Å²) in [5, 5.41) is 4.12. The van der Waals surface area contributed by atoms with Crippen molar-refractivity contribution in [2.45, 2.75) is 19.5 Å². The first kappa shape index (κ1) is 12.7. The predicted octanol–water partition coefficient (Wildman–Crippen LogP) is 2.14. The third-order valence-corrected chi connectivity index (χ3v) is 3.70. The van der Waals surface area contributed by atoms with Gasteiger partial charge in [-0.05, 0) is 18.6 Å². The van der Waals surface area contributed by atoms with Gasteiger partial charge in [0.05, 0.1) is 12.1 Å². The Morgan fingerprint density at radius 3 is 3.06 bits per heavy atom. The van der Waals surface area contributed by atoms with Crippen LogP contribution in [0.25, 0.3) is 0 Å². The number of nitrogens with zero attached hydrogens (tertiary/aromatic N) is 1. The molecule has 1 aromatic carbocycles. The van der Waals surface area contributed by atoms with Crippen LogP contribution in [0.5, 0.6) is 5.75 Å². The summed E-state index contributed by atoms with van der Waals surface area (Å²) < 4.78 is 5.24. The van der Waals surface area contributed by atoms with E-state index in [-0.39, 0.29) is 0 Å². The third kappa shape index (κ3) is 2.92. The number of ether oxygens (including phenoxy) is 1. The Balaban J connectivity index is 2.12. The smallest absolute Gasteiger partial charge is 0.137 e. The lowest BCUT2D eigenvalue weighted by atomic mass is 10.1. The van der Waals surface area contributed by atoms with E-state index in [0.717, 1.165) is 42.5 Å². The number of hydrogen-bond acceptors (Lipinski definition) is 3. The van der Waals surface area contributed by atoms with Crippen LogP contribution in [-0.2, 0) is 6.54 Å². The van der Waals surface area contributed by atoms with Crippen LogP contribution in [0.4, 0.5) is 0 Å². The molecule has 0 radical (unpaired) electrons. The van der Waals surface area contributed by atoms with Gasteiger partial charge in [0.1, 0.15) is 5.75 Å². The molecule has 0 bridgehead atoms. The Hall–Kier alpha value is -0.770. The number of nitrogens with one attached hydrogen (secondary N) is 1. The van der Waals surface area contributed by atoms with Crippen molar-refractivity contribution >= 4 is 11.6 Å². The van der Waals surface area contributed by atoms with Gasteiger partial charge in [-0.1, -0.05) is 23.7 Å². The summed E-state index contributed by atoms with van der Waals surface area (Å²) in [6, 6.07) is 6.51. The van der Waals surface area contributed by atoms with Gasteiger partial charge in [-0.3, -0.25) is 4.90 Å². The highest BCUT2D eigenvalue weighted by Gasteiger charge is 2.19. The molecule has 0 aliphatic carbocycles. The van der Waals surface area contributed by atoms with Crippen LogP contribution < -0.4 is 10.1 Å². The summed E-state index contributed by atoms with van der Waals surface area (Å²) in [5.74, 6) is 0.756. The maximum atomic E-state index is 6.31. The van der Waals surface area contributed by atoms with Gasteiger partial charge < -0.3 is 10.1 Å². The summed E-state index contributed by atoms with van der Waals surface area (Å²) in [4.78, 5) is 2.44. The Bertz CT molecular complexity index is 384. The molecule has 1 heterocycles. The topological polar surface area (TPSA) is 24.5 Å². The predicted molar refractivity (Wildman–Crippen MR) is 70.7 cm³/mol. The molecule has 1 N–H and O–H groups in total. The van der Waals surface area contributed by atoms with Crippen LogP contribution in [0.3, 0.4) is 0 Å². The molecule has 17 heavy (non-hydrogen) atoms. The van der Waals surface area contributed by atoms with Crippen molar-refractivity contribution in [3.8, 4) is 5.75 Å². The first-order chi connectivity index (χ1) is 8.22. The number of rotatable bonds is 3. The van der Waals surface area contributed by atoms with Crippen molar-refractivity contribution in [2.24, 2.45) is 0 Å². The number of benzene rings is 1. The zero-order valence-corrected chi connectivity index (χ0v) is 11.1. The first-order valence-electron chi connectivity index (χ1n) is 5.98. The molecule has 2 rings (SSSR count). The SMILES string of the molecule is COc1cccc(CN2CCNC[C@H]2C)c1Cl. The van der Waals surface area contributed by atoms with E-state index in [9.17, 15) is 0 Å². The first-order valence-corrected chi connectivity index (χ1v) is 6.36. The van der Waals surface area contributed by atoms with Gasteiger partial charge in [-0.15, -0.1) is 0 Å². The van der Waals surface area contributed by atoms with E-state index in [1.165, 1.54) is 0 Å². The molecule has 0 spiro atoms. The molecule has 0 amide bonds. The van der Waals surface area contributed by atoms with E-state index in [1.54, 1.807) is 7.11 Å². The van der Waals surface area contributed by atoms with Crippen molar-refractivity contribution < 1.29 is 4.74 Å². The quantitative estimate of drug-likeness (QED) is 0.895. The number of piperazine rings is 1. The van der Waals surface area contributed by atoms with Gasteiger partial charge in [0.25, 0.3) is 0 Å². The van der Waals surface area contributed by atoms with Crippen molar-refractivity contribution in [1.82, 2.24) is 10.2 Å². The van der Waals surface area contributed by atoms with E-state index < -0.39 is 0 Å². The van der Waals surface area contributed by atoms with Gasteiger partial charge in [-0.25, -0.2) is 0 Å². The van der Waals surface area contributed by atoms with Crippen LogP contribution in [-0.4, -0.2) is 37.7 Å². The Morgan fingerprint density at radius 1 is 1.53 bits per heavy atom. The zero-order chi connectivity index (χ0) is 12.3. The van der Waals surface area contributed by atoms with Crippen LogP contribution in [0.1, 0.15) is 12.5 Å². The Kier molecular flexibility index (Phi) is 4.26. The summed E-state index contributed by atoms with van der Waals surface area (Å²) in [6.45, 7) is 6.28. The molecule has 1 saturated heterocycles. The molecule has 0 saturated carbocycles. The normalized spacial score (nSPS) is 21.5. The minimum Gasteiger partial charge on any atom is -0.495 e. The van der Waals surface area contributed by atoms with Crippen LogP contribution in [0, 0.1) is 0 Å². The van der Waals surface area contributed by atoms with E-state index >= 15 is 0 Å².